The van der Waals surface area contributed by atoms with Crippen LogP contribution in [0.2, 0.25) is 0 Å². The van der Waals surface area contributed by atoms with Gasteiger partial charge in [0, 0.05) is 31.5 Å². The molecule has 2 rings (SSSR count). The summed E-state index contributed by atoms with van der Waals surface area (Å²) in [6, 6.07) is 4.81. The highest BCUT2D eigenvalue weighted by atomic mass is 16.5. The van der Waals surface area contributed by atoms with E-state index in [1.807, 2.05) is 0 Å². The third-order valence-corrected chi connectivity index (χ3v) is 2.47. The van der Waals surface area contributed by atoms with Crippen LogP contribution in [0.4, 0.5) is 0 Å². The van der Waals surface area contributed by atoms with E-state index in [1.54, 1.807) is 18.3 Å². The van der Waals surface area contributed by atoms with E-state index in [4.69, 9.17) is 4.74 Å². The average Bonchev–Trinajstić information content (AvgIpc) is 2.48. The molecule has 7 heteroatoms. The predicted octanol–water partition coefficient (Wildman–Crippen LogP) is -0.167. The molecule has 2 heterocycles. The molecule has 20 heavy (non-hydrogen) atoms. The molecule has 2 aromatic rings. The largest absolute Gasteiger partial charge is 0.482 e. The number of carbonyl (C=O) groups excluding carboxylic acids is 1. The van der Waals surface area contributed by atoms with Gasteiger partial charge in [-0.2, -0.15) is 0 Å². The molecule has 0 radical (unpaired) electrons. The van der Waals surface area contributed by atoms with Gasteiger partial charge < -0.3 is 10.1 Å². The van der Waals surface area contributed by atoms with Crippen LogP contribution in [0, 0.1) is 0 Å². The first-order chi connectivity index (χ1) is 9.75. The van der Waals surface area contributed by atoms with E-state index in [-0.39, 0.29) is 18.1 Å². The van der Waals surface area contributed by atoms with Gasteiger partial charge in [0.05, 0.1) is 12.5 Å². The number of hydrogen-bond acceptors (Lipinski definition) is 5. The molecule has 0 fully saturated rings. The lowest BCUT2D eigenvalue weighted by Gasteiger charge is -2.08. The maximum Gasteiger partial charge on any atom is 0.258 e. The molecule has 1 amide bonds. The zero-order valence-electron chi connectivity index (χ0n) is 10.7. The minimum atomic E-state index is -0.259. The average molecular weight is 274 g/mol. The van der Waals surface area contributed by atoms with Crippen molar-refractivity contribution in [1.82, 2.24) is 19.9 Å². The fourth-order valence-corrected chi connectivity index (χ4v) is 1.49. The molecule has 7 nitrogen and oxygen atoms in total. The predicted molar refractivity (Wildman–Crippen MR) is 71.2 cm³/mol. The van der Waals surface area contributed by atoms with Crippen molar-refractivity contribution in [1.29, 1.82) is 0 Å². The number of hydrogen-bond donors (Lipinski definition) is 1. The van der Waals surface area contributed by atoms with Crippen molar-refractivity contribution in [2.45, 2.75) is 6.54 Å². The molecule has 0 saturated carbocycles. The molecule has 1 N–H and O–H groups in total. The van der Waals surface area contributed by atoms with E-state index >= 15 is 0 Å². The Balaban J connectivity index is 1.71. The van der Waals surface area contributed by atoms with Crippen LogP contribution in [-0.2, 0) is 11.3 Å². The molecular formula is C13H14N4O3. The lowest BCUT2D eigenvalue weighted by Crippen LogP contribution is -2.33. The van der Waals surface area contributed by atoms with Crippen molar-refractivity contribution in [3.63, 3.8) is 0 Å². The smallest absolute Gasteiger partial charge is 0.258 e. The standard InChI is InChI=1S/C13H14N4O3/c18-12(9-20-11-2-1-4-14-8-11)16-6-7-17-10-15-5-3-13(17)19/h1-5,8,10H,6-7,9H2,(H,16,18). The molecule has 0 aliphatic rings. The van der Waals surface area contributed by atoms with Crippen molar-refractivity contribution in [2.75, 3.05) is 13.2 Å². The van der Waals surface area contributed by atoms with Crippen molar-refractivity contribution in [3.05, 3.63) is 53.5 Å². The molecule has 2 aromatic heterocycles. The van der Waals surface area contributed by atoms with Crippen LogP contribution in [0.3, 0.4) is 0 Å². The van der Waals surface area contributed by atoms with Gasteiger partial charge in [0.15, 0.2) is 6.61 Å². The van der Waals surface area contributed by atoms with Crippen LogP contribution in [-0.4, -0.2) is 33.6 Å². The molecule has 0 unspecified atom stereocenters. The lowest BCUT2D eigenvalue weighted by atomic mass is 10.4. The zero-order chi connectivity index (χ0) is 14.2. The second-order valence-electron chi connectivity index (χ2n) is 3.94. The first-order valence-corrected chi connectivity index (χ1v) is 6.06. The molecular weight excluding hydrogens is 260 g/mol. The van der Waals surface area contributed by atoms with Crippen LogP contribution in [0.5, 0.6) is 5.75 Å². The molecule has 0 saturated heterocycles. The Hall–Kier alpha value is -2.70. The second-order valence-corrected chi connectivity index (χ2v) is 3.94. The number of nitrogens with zero attached hydrogens (tertiary/aromatic N) is 3. The van der Waals surface area contributed by atoms with Crippen molar-refractivity contribution in [2.24, 2.45) is 0 Å². The van der Waals surface area contributed by atoms with Crippen LogP contribution < -0.4 is 15.6 Å². The zero-order valence-corrected chi connectivity index (χ0v) is 10.7. The van der Waals surface area contributed by atoms with Crippen molar-refractivity contribution < 1.29 is 9.53 Å². The van der Waals surface area contributed by atoms with Gasteiger partial charge in [-0.25, -0.2) is 4.98 Å². The van der Waals surface area contributed by atoms with E-state index in [2.05, 4.69) is 15.3 Å². The summed E-state index contributed by atoms with van der Waals surface area (Å²) in [7, 11) is 0. The first-order valence-electron chi connectivity index (χ1n) is 6.06. The number of pyridine rings is 1. The summed E-state index contributed by atoms with van der Waals surface area (Å²) < 4.78 is 6.66. The fourth-order valence-electron chi connectivity index (χ4n) is 1.49. The number of rotatable bonds is 6. The summed E-state index contributed by atoms with van der Waals surface area (Å²) in [5, 5.41) is 2.66. The summed E-state index contributed by atoms with van der Waals surface area (Å²) in [5.41, 5.74) is -0.152. The minimum Gasteiger partial charge on any atom is -0.482 e. The number of aromatic nitrogens is 3. The number of amides is 1. The highest BCUT2D eigenvalue weighted by Gasteiger charge is 2.02. The highest BCUT2D eigenvalue weighted by Crippen LogP contribution is 2.05. The summed E-state index contributed by atoms with van der Waals surface area (Å²) in [5.74, 6) is 0.275. The first kappa shape index (κ1) is 13.7. The summed E-state index contributed by atoms with van der Waals surface area (Å²) in [4.78, 5) is 30.6. The van der Waals surface area contributed by atoms with E-state index in [9.17, 15) is 9.59 Å². The van der Waals surface area contributed by atoms with Crippen molar-refractivity contribution >= 4 is 5.91 Å². The molecule has 0 bridgehead atoms. The molecule has 0 atom stereocenters. The van der Waals surface area contributed by atoms with Crippen LogP contribution in [0.1, 0.15) is 0 Å². The topological polar surface area (TPSA) is 86.1 Å². The fraction of sp³-hybridized carbons (Fsp3) is 0.231. The lowest BCUT2D eigenvalue weighted by molar-refractivity contribution is -0.123. The minimum absolute atomic E-state index is 0.0897. The SMILES string of the molecule is O=C(COc1cccnc1)NCCn1cnccc1=O. The van der Waals surface area contributed by atoms with Gasteiger partial charge >= 0.3 is 0 Å². The second kappa shape index (κ2) is 7.03. The van der Waals surface area contributed by atoms with Gasteiger partial charge in [0.25, 0.3) is 11.5 Å². The summed E-state index contributed by atoms with van der Waals surface area (Å²) >= 11 is 0. The van der Waals surface area contributed by atoms with E-state index < -0.39 is 0 Å². The quantitative estimate of drug-likeness (QED) is 0.790. The van der Waals surface area contributed by atoms with E-state index in [0.29, 0.717) is 18.8 Å². The van der Waals surface area contributed by atoms with Gasteiger partial charge in [-0.15, -0.1) is 0 Å². The van der Waals surface area contributed by atoms with Crippen LogP contribution in [0.15, 0.2) is 47.9 Å². The number of carbonyl (C=O) groups is 1. The maximum absolute atomic E-state index is 11.5. The Morgan fingerprint density at radius 2 is 2.20 bits per heavy atom. The third kappa shape index (κ3) is 4.20. The Morgan fingerprint density at radius 3 is 2.95 bits per heavy atom. The Kier molecular flexibility index (Phi) is 4.82. The number of ether oxygens (including phenoxy) is 1. The summed E-state index contributed by atoms with van der Waals surface area (Å²) in [6.07, 6.45) is 6.01. The van der Waals surface area contributed by atoms with Gasteiger partial charge in [-0.3, -0.25) is 19.1 Å². The van der Waals surface area contributed by atoms with E-state index in [1.165, 1.54) is 29.4 Å². The maximum atomic E-state index is 11.5. The third-order valence-electron chi connectivity index (χ3n) is 2.47. The van der Waals surface area contributed by atoms with Gasteiger partial charge in [0.1, 0.15) is 5.75 Å². The van der Waals surface area contributed by atoms with Crippen LogP contribution >= 0.6 is 0 Å². The molecule has 0 aliphatic carbocycles. The van der Waals surface area contributed by atoms with Gasteiger partial charge in [-0.1, -0.05) is 0 Å². The van der Waals surface area contributed by atoms with Gasteiger partial charge in [-0.05, 0) is 12.1 Å². The monoisotopic (exact) mass is 274 g/mol. The molecule has 0 spiro atoms. The Bertz CT molecular complexity index is 612. The molecule has 0 aliphatic heterocycles. The Morgan fingerprint density at radius 1 is 1.30 bits per heavy atom. The van der Waals surface area contributed by atoms with Crippen molar-refractivity contribution in [3.8, 4) is 5.75 Å². The molecule has 0 aromatic carbocycles. The molecule has 104 valence electrons. The van der Waals surface area contributed by atoms with Crippen LogP contribution in [0.25, 0.3) is 0 Å². The highest BCUT2D eigenvalue weighted by molar-refractivity contribution is 5.77. The number of nitrogens with one attached hydrogen (secondary N) is 1. The summed E-state index contributed by atoms with van der Waals surface area (Å²) in [6.45, 7) is 0.611. The Labute approximate surface area is 115 Å². The normalized spacial score (nSPS) is 10.0. The van der Waals surface area contributed by atoms with Gasteiger partial charge in [0.2, 0.25) is 0 Å². The van der Waals surface area contributed by atoms with E-state index in [0.717, 1.165) is 0 Å².